The Bertz CT molecular complexity index is 847. The zero-order chi connectivity index (χ0) is 21.0. The highest BCUT2D eigenvalue weighted by molar-refractivity contribution is 6.25. The molecule has 154 valence electrons. The minimum absolute atomic E-state index is 0.122. The number of imide groups is 2. The second-order valence-electron chi connectivity index (χ2n) is 7.26. The lowest BCUT2D eigenvalue weighted by molar-refractivity contribution is -0.136. The van der Waals surface area contributed by atoms with Crippen LogP contribution in [0.4, 0.5) is 5.69 Å². The van der Waals surface area contributed by atoms with Crippen molar-refractivity contribution < 1.29 is 29.1 Å². The molecule has 4 amide bonds. The molecule has 4 rings (SSSR count). The fraction of sp³-hybridized carbons (Fsp3) is 0.450. The van der Waals surface area contributed by atoms with Gasteiger partial charge in [0.2, 0.25) is 11.8 Å². The maximum atomic E-state index is 13.0. The van der Waals surface area contributed by atoms with Gasteiger partial charge in [-0.25, -0.2) is 0 Å². The summed E-state index contributed by atoms with van der Waals surface area (Å²) in [5.41, 5.74) is 1.32. The highest BCUT2D eigenvalue weighted by Crippen LogP contribution is 2.33. The number of hydrogen-bond donors (Lipinski definition) is 3. The van der Waals surface area contributed by atoms with Gasteiger partial charge in [0, 0.05) is 18.2 Å². The Balaban J connectivity index is 0.000000755. The number of benzene rings is 1. The van der Waals surface area contributed by atoms with Gasteiger partial charge in [-0.3, -0.25) is 34.2 Å². The van der Waals surface area contributed by atoms with Gasteiger partial charge in [-0.1, -0.05) is 25.3 Å². The molecule has 1 unspecified atom stereocenters. The van der Waals surface area contributed by atoms with Gasteiger partial charge < -0.3 is 10.4 Å². The van der Waals surface area contributed by atoms with Crippen LogP contribution in [0.25, 0.3) is 0 Å². The molecule has 29 heavy (non-hydrogen) atoms. The Morgan fingerprint density at radius 3 is 2.38 bits per heavy atom. The molecule has 0 bridgehead atoms. The van der Waals surface area contributed by atoms with E-state index in [-0.39, 0.29) is 25.2 Å². The summed E-state index contributed by atoms with van der Waals surface area (Å²) in [5.74, 6) is -1.88. The number of carbonyl (C=O) groups is 5. The number of nitrogens with one attached hydrogen (secondary N) is 2. The summed E-state index contributed by atoms with van der Waals surface area (Å²) in [4.78, 5) is 58.7. The summed E-state index contributed by atoms with van der Waals surface area (Å²) >= 11 is 0. The largest absolute Gasteiger partial charge is 0.483 e. The second-order valence-corrected chi connectivity index (χ2v) is 7.26. The smallest absolute Gasteiger partial charge is 0.290 e. The predicted molar refractivity (Wildman–Crippen MR) is 102 cm³/mol. The number of amides is 4. The molecule has 1 aromatic rings. The lowest BCUT2D eigenvalue weighted by Crippen LogP contribution is -2.54. The summed E-state index contributed by atoms with van der Waals surface area (Å²) in [5, 5.41) is 12.5. The van der Waals surface area contributed by atoms with Gasteiger partial charge in [0.25, 0.3) is 18.3 Å². The molecule has 1 saturated heterocycles. The maximum absolute atomic E-state index is 13.0. The van der Waals surface area contributed by atoms with Gasteiger partial charge in [0.1, 0.15) is 6.04 Å². The van der Waals surface area contributed by atoms with E-state index in [2.05, 4.69) is 10.6 Å². The molecule has 0 radical (unpaired) electrons. The fourth-order valence-electron chi connectivity index (χ4n) is 4.10. The summed E-state index contributed by atoms with van der Waals surface area (Å²) in [6.07, 6.45) is 5.92. The van der Waals surface area contributed by atoms with Crippen LogP contribution in [0.1, 0.15) is 65.7 Å². The third kappa shape index (κ3) is 4.13. The first kappa shape index (κ1) is 20.5. The normalized spacial score (nSPS) is 21.8. The van der Waals surface area contributed by atoms with Crippen molar-refractivity contribution in [2.45, 2.75) is 57.0 Å². The van der Waals surface area contributed by atoms with E-state index in [0.717, 1.165) is 30.6 Å². The first-order valence-corrected chi connectivity index (χ1v) is 9.67. The maximum Gasteiger partial charge on any atom is 0.290 e. The van der Waals surface area contributed by atoms with E-state index in [1.807, 2.05) is 6.07 Å². The highest BCUT2D eigenvalue weighted by atomic mass is 16.3. The minimum Gasteiger partial charge on any atom is -0.483 e. The van der Waals surface area contributed by atoms with E-state index in [1.165, 1.54) is 6.42 Å². The van der Waals surface area contributed by atoms with Crippen molar-refractivity contribution in [2.24, 2.45) is 0 Å². The standard InChI is InChI=1S/C19H21N3O4.CH2O2/c23-15-10-9-14(17(24)21-15)22-18(25)12-7-4-8-13(16(12)19(22)26)20-11-5-2-1-3-6-11;2-1-3/h4,7-8,11,14,20H,1-3,5-6,9-10H2,(H,21,23,24);1H,(H,2,3). The molecule has 3 aliphatic rings. The van der Waals surface area contributed by atoms with Crippen LogP contribution >= 0.6 is 0 Å². The van der Waals surface area contributed by atoms with Gasteiger partial charge in [0.05, 0.1) is 11.1 Å². The number of rotatable bonds is 3. The highest BCUT2D eigenvalue weighted by Gasteiger charge is 2.45. The number of anilines is 1. The number of piperidine rings is 1. The van der Waals surface area contributed by atoms with Gasteiger partial charge in [-0.05, 0) is 31.4 Å². The molecule has 1 aliphatic carbocycles. The van der Waals surface area contributed by atoms with Crippen LogP contribution in [0.2, 0.25) is 0 Å². The van der Waals surface area contributed by atoms with Gasteiger partial charge in [-0.15, -0.1) is 0 Å². The molecule has 1 atom stereocenters. The van der Waals surface area contributed by atoms with Crippen LogP contribution < -0.4 is 10.6 Å². The first-order chi connectivity index (χ1) is 14.0. The Kier molecular flexibility index (Phi) is 6.26. The molecule has 1 aromatic carbocycles. The average Bonchev–Trinajstić information content (AvgIpc) is 2.95. The van der Waals surface area contributed by atoms with E-state index in [4.69, 9.17) is 9.90 Å². The molecule has 0 spiro atoms. The number of nitrogens with zero attached hydrogens (tertiary/aromatic N) is 1. The molecule has 3 N–H and O–H groups in total. The van der Waals surface area contributed by atoms with Crippen molar-refractivity contribution in [2.75, 3.05) is 5.32 Å². The van der Waals surface area contributed by atoms with Crippen LogP contribution in [0.3, 0.4) is 0 Å². The molecule has 0 aromatic heterocycles. The van der Waals surface area contributed by atoms with Crippen molar-refractivity contribution in [3.05, 3.63) is 29.3 Å². The lowest BCUT2D eigenvalue weighted by atomic mass is 9.95. The fourth-order valence-corrected chi connectivity index (χ4v) is 4.10. The number of carbonyl (C=O) groups excluding carboxylic acids is 4. The van der Waals surface area contributed by atoms with Crippen molar-refractivity contribution in [1.82, 2.24) is 10.2 Å². The Labute approximate surface area is 167 Å². The molecule has 1 saturated carbocycles. The third-order valence-corrected chi connectivity index (χ3v) is 5.43. The Hall–Kier alpha value is -3.23. The van der Waals surface area contributed by atoms with E-state index >= 15 is 0 Å². The van der Waals surface area contributed by atoms with E-state index in [1.54, 1.807) is 12.1 Å². The van der Waals surface area contributed by atoms with Gasteiger partial charge >= 0.3 is 0 Å². The summed E-state index contributed by atoms with van der Waals surface area (Å²) in [6.45, 7) is -0.250. The Morgan fingerprint density at radius 1 is 1.03 bits per heavy atom. The van der Waals surface area contributed by atoms with Crippen LogP contribution in [0.15, 0.2) is 18.2 Å². The zero-order valence-corrected chi connectivity index (χ0v) is 15.8. The number of carboxylic acid groups (broad SMARTS) is 1. The minimum atomic E-state index is -0.928. The van der Waals surface area contributed by atoms with Crippen LogP contribution in [-0.4, -0.2) is 52.2 Å². The monoisotopic (exact) mass is 401 g/mol. The molecule has 9 heteroatoms. The van der Waals surface area contributed by atoms with Crippen molar-refractivity contribution in [1.29, 1.82) is 0 Å². The molecular formula is C20H23N3O6. The number of fused-ring (bicyclic) bond motifs is 1. The number of hydrogen-bond acceptors (Lipinski definition) is 6. The van der Waals surface area contributed by atoms with E-state index in [9.17, 15) is 19.2 Å². The van der Waals surface area contributed by atoms with Crippen LogP contribution in [-0.2, 0) is 14.4 Å². The van der Waals surface area contributed by atoms with Crippen LogP contribution in [0.5, 0.6) is 0 Å². The van der Waals surface area contributed by atoms with E-state index in [0.29, 0.717) is 22.9 Å². The molecule has 2 aliphatic heterocycles. The molecular weight excluding hydrogens is 378 g/mol. The SMILES string of the molecule is O=C1CCC(N2C(=O)c3cccc(NC4CCCCC4)c3C2=O)C(=O)N1.O=CO. The quantitative estimate of drug-likeness (QED) is 0.517. The first-order valence-electron chi connectivity index (χ1n) is 9.67. The van der Waals surface area contributed by atoms with Crippen molar-refractivity contribution in [3.8, 4) is 0 Å². The predicted octanol–water partition coefficient (Wildman–Crippen LogP) is 1.53. The molecule has 2 fully saturated rings. The topological polar surface area (TPSA) is 133 Å². The molecule has 9 nitrogen and oxygen atoms in total. The van der Waals surface area contributed by atoms with Gasteiger partial charge in [-0.2, -0.15) is 0 Å². The third-order valence-electron chi connectivity index (χ3n) is 5.43. The zero-order valence-electron chi connectivity index (χ0n) is 15.8. The van der Waals surface area contributed by atoms with Crippen molar-refractivity contribution in [3.63, 3.8) is 0 Å². The van der Waals surface area contributed by atoms with E-state index < -0.39 is 23.8 Å². The second kappa shape index (κ2) is 8.85. The molecule has 2 heterocycles. The van der Waals surface area contributed by atoms with Gasteiger partial charge in [0.15, 0.2) is 0 Å². The van der Waals surface area contributed by atoms with Crippen LogP contribution in [0, 0.1) is 0 Å². The van der Waals surface area contributed by atoms with Crippen molar-refractivity contribution >= 4 is 35.8 Å². The summed E-state index contributed by atoms with van der Waals surface area (Å²) in [6, 6.07) is 4.55. The summed E-state index contributed by atoms with van der Waals surface area (Å²) < 4.78 is 0. The Morgan fingerprint density at radius 2 is 1.72 bits per heavy atom. The average molecular weight is 401 g/mol. The summed E-state index contributed by atoms with van der Waals surface area (Å²) in [7, 11) is 0. The lowest BCUT2D eigenvalue weighted by Gasteiger charge is -2.28.